The van der Waals surface area contributed by atoms with E-state index in [4.69, 9.17) is 9.94 Å². The van der Waals surface area contributed by atoms with Gasteiger partial charge in [0.25, 0.3) is 5.91 Å². The molecule has 2 amide bonds. The third-order valence-electron chi connectivity index (χ3n) is 7.27. The molecule has 3 aromatic carbocycles. The van der Waals surface area contributed by atoms with Crippen LogP contribution in [0.15, 0.2) is 91.3 Å². The molecule has 2 heterocycles. The summed E-state index contributed by atoms with van der Waals surface area (Å²) in [5.41, 5.74) is 8.14. The minimum absolute atomic E-state index is 0.268. The van der Waals surface area contributed by atoms with Crippen LogP contribution >= 0.6 is 0 Å². The Morgan fingerprint density at radius 3 is 2.14 bits per heavy atom. The number of hydrogen-bond donors (Lipinski definition) is 5. The van der Waals surface area contributed by atoms with Crippen LogP contribution in [0.1, 0.15) is 22.3 Å². The highest BCUT2D eigenvalue weighted by Crippen LogP contribution is 2.19. The number of aromatic nitrogens is 2. The average molecular weight is 566 g/mol. The van der Waals surface area contributed by atoms with Gasteiger partial charge in [-0.15, -0.1) is 0 Å². The standard InChI is InChI=1S/C33H35N5O4/c39-32(37-41)14-13-24-9-11-25(12-10-24)23-38(18-16-27-22-36-31-8-4-2-6-29(27)31)19-20-42-33(40)34-17-15-26-21-35-30-7-3-1-5-28(26)30/h1-14,21-22,35-36,41H,15-20,23H2,(H,34,40)(H,37,39)/b14-13+. The summed E-state index contributed by atoms with van der Waals surface area (Å²) < 4.78 is 5.54. The fourth-order valence-electron chi connectivity index (χ4n) is 5.04. The van der Waals surface area contributed by atoms with Crippen molar-refractivity contribution in [3.63, 3.8) is 0 Å². The lowest BCUT2D eigenvalue weighted by Crippen LogP contribution is -2.33. The number of amides is 2. The first-order valence-corrected chi connectivity index (χ1v) is 14.0. The van der Waals surface area contributed by atoms with E-state index in [9.17, 15) is 9.59 Å². The fourth-order valence-corrected chi connectivity index (χ4v) is 5.04. The normalized spacial score (nSPS) is 11.5. The molecule has 0 radical (unpaired) electrons. The van der Waals surface area contributed by atoms with Crippen LogP contribution in [-0.4, -0.2) is 58.3 Å². The van der Waals surface area contributed by atoms with E-state index in [1.165, 1.54) is 22.4 Å². The molecular weight excluding hydrogens is 530 g/mol. The smallest absolute Gasteiger partial charge is 0.407 e. The van der Waals surface area contributed by atoms with Gasteiger partial charge in [-0.05, 0) is 53.3 Å². The molecule has 0 aliphatic rings. The molecule has 0 unspecified atom stereocenters. The van der Waals surface area contributed by atoms with E-state index in [-0.39, 0.29) is 6.61 Å². The van der Waals surface area contributed by atoms with Gasteiger partial charge >= 0.3 is 6.09 Å². The quantitative estimate of drug-likeness (QED) is 0.0765. The minimum Gasteiger partial charge on any atom is -0.448 e. The lowest BCUT2D eigenvalue weighted by molar-refractivity contribution is -0.124. The first-order valence-electron chi connectivity index (χ1n) is 14.0. The summed E-state index contributed by atoms with van der Waals surface area (Å²) >= 11 is 0. The minimum atomic E-state index is -0.579. The van der Waals surface area contributed by atoms with E-state index in [0.29, 0.717) is 26.1 Å². The first-order chi connectivity index (χ1) is 20.6. The summed E-state index contributed by atoms with van der Waals surface area (Å²) in [7, 11) is 0. The van der Waals surface area contributed by atoms with Crippen molar-refractivity contribution in [3.05, 3.63) is 114 Å². The molecule has 0 aliphatic heterocycles. The van der Waals surface area contributed by atoms with Crippen molar-refractivity contribution in [2.24, 2.45) is 0 Å². The highest BCUT2D eigenvalue weighted by Gasteiger charge is 2.11. The van der Waals surface area contributed by atoms with Gasteiger partial charge in [-0.3, -0.25) is 14.9 Å². The summed E-state index contributed by atoms with van der Waals surface area (Å²) in [5.74, 6) is -0.579. The number of benzene rings is 3. The summed E-state index contributed by atoms with van der Waals surface area (Å²) in [5, 5.41) is 13.9. The maximum atomic E-state index is 12.4. The third-order valence-corrected chi connectivity index (χ3v) is 7.27. The Kier molecular flexibility index (Phi) is 9.66. The van der Waals surface area contributed by atoms with Gasteiger partial charge in [0.05, 0.1) is 0 Å². The van der Waals surface area contributed by atoms with Crippen molar-refractivity contribution in [1.29, 1.82) is 0 Å². The Balaban J connectivity index is 1.15. The SMILES string of the molecule is O=C(/C=C/c1ccc(CN(CCOC(=O)NCCc2c[nH]c3ccccc23)CCc2c[nH]c3ccccc23)cc1)NO. The first kappa shape index (κ1) is 28.7. The predicted octanol–water partition coefficient (Wildman–Crippen LogP) is 5.18. The van der Waals surface area contributed by atoms with E-state index >= 15 is 0 Å². The molecule has 0 fully saturated rings. The molecule has 5 rings (SSSR count). The van der Waals surface area contributed by atoms with Gasteiger partial charge in [-0.2, -0.15) is 0 Å². The molecular formula is C33H35N5O4. The van der Waals surface area contributed by atoms with Crippen LogP contribution < -0.4 is 10.8 Å². The molecule has 42 heavy (non-hydrogen) atoms. The van der Waals surface area contributed by atoms with Crippen LogP contribution in [0.5, 0.6) is 0 Å². The largest absolute Gasteiger partial charge is 0.448 e. The number of ether oxygens (including phenoxy) is 1. The van der Waals surface area contributed by atoms with Crippen LogP contribution in [0, 0.1) is 0 Å². The zero-order valence-corrected chi connectivity index (χ0v) is 23.3. The van der Waals surface area contributed by atoms with Crippen LogP contribution in [0.2, 0.25) is 0 Å². The lowest BCUT2D eigenvalue weighted by atomic mass is 10.1. The zero-order chi connectivity index (χ0) is 29.1. The van der Waals surface area contributed by atoms with Gasteiger partial charge < -0.3 is 20.0 Å². The number of aromatic amines is 2. The molecule has 216 valence electrons. The molecule has 0 bridgehead atoms. The van der Waals surface area contributed by atoms with Crippen molar-refractivity contribution in [2.45, 2.75) is 19.4 Å². The van der Waals surface area contributed by atoms with Gasteiger partial charge in [0.1, 0.15) is 6.61 Å². The maximum Gasteiger partial charge on any atom is 0.407 e. The van der Waals surface area contributed by atoms with Crippen molar-refractivity contribution in [2.75, 3.05) is 26.2 Å². The number of carbonyl (C=O) groups is 2. The topological polar surface area (TPSA) is 122 Å². The number of para-hydroxylation sites is 2. The third kappa shape index (κ3) is 7.66. The van der Waals surface area contributed by atoms with Gasteiger partial charge in [-0.1, -0.05) is 60.7 Å². The Morgan fingerprint density at radius 2 is 1.48 bits per heavy atom. The van der Waals surface area contributed by atoms with Crippen molar-refractivity contribution in [1.82, 2.24) is 25.7 Å². The molecule has 0 spiro atoms. The monoisotopic (exact) mass is 565 g/mol. The number of hydrogen-bond acceptors (Lipinski definition) is 5. The highest BCUT2D eigenvalue weighted by atomic mass is 16.5. The Morgan fingerprint density at radius 1 is 0.833 bits per heavy atom. The highest BCUT2D eigenvalue weighted by molar-refractivity contribution is 5.90. The number of H-pyrrole nitrogens is 2. The van der Waals surface area contributed by atoms with E-state index < -0.39 is 12.0 Å². The summed E-state index contributed by atoms with van der Waals surface area (Å²) in [6.07, 6.45) is 8.08. The van der Waals surface area contributed by atoms with Gasteiger partial charge in [0, 0.05) is 66.5 Å². The number of hydroxylamine groups is 1. The number of fused-ring (bicyclic) bond motifs is 2. The van der Waals surface area contributed by atoms with Crippen molar-refractivity contribution >= 4 is 39.9 Å². The van der Waals surface area contributed by atoms with Crippen molar-refractivity contribution in [3.8, 4) is 0 Å². The molecule has 2 aromatic heterocycles. The molecule has 9 heteroatoms. The van der Waals surface area contributed by atoms with Crippen LogP contribution in [0.3, 0.4) is 0 Å². The van der Waals surface area contributed by atoms with E-state index in [0.717, 1.165) is 40.7 Å². The number of carbonyl (C=O) groups excluding carboxylic acids is 2. The number of rotatable bonds is 13. The number of alkyl carbamates (subject to hydrolysis) is 1. The second-order valence-electron chi connectivity index (χ2n) is 10.1. The van der Waals surface area contributed by atoms with Crippen LogP contribution in [0.25, 0.3) is 27.9 Å². The summed E-state index contributed by atoms with van der Waals surface area (Å²) in [6.45, 7) is 2.80. The molecule has 0 aliphatic carbocycles. The van der Waals surface area contributed by atoms with Crippen LogP contribution in [-0.2, 0) is 28.9 Å². The van der Waals surface area contributed by atoms with Gasteiger partial charge in [0.15, 0.2) is 0 Å². The van der Waals surface area contributed by atoms with Gasteiger partial charge in [0.2, 0.25) is 0 Å². The second kappa shape index (κ2) is 14.2. The molecule has 9 nitrogen and oxygen atoms in total. The van der Waals surface area contributed by atoms with E-state index in [1.807, 2.05) is 60.8 Å². The molecule has 5 aromatic rings. The summed E-state index contributed by atoms with van der Waals surface area (Å²) in [4.78, 5) is 32.5. The summed E-state index contributed by atoms with van der Waals surface area (Å²) in [6, 6.07) is 24.2. The van der Waals surface area contributed by atoms with Gasteiger partial charge in [-0.25, -0.2) is 10.3 Å². The Bertz CT molecular complexity index is 1650. The molecule has 0 saturated heterocycles. The fraction of sp³-hybridized carbons (Fsp3) is 0.212. The van der Waals surface area contributed by atoms with E-state index in [2.05, 4.69) is 44.6 Å². The Hall–Kier alpha value is -4.86. The molecule has 5 N–H and O–H groups in total. The second-order valence-corrected chi connectivity index (χ2v) is 10.1. The van der Waals surface area contributed by atoms with Crippen LogP contribution in [0.4, 0.5) is 4.79 Å². The lowest BCUT2D eigenvalue weighted by Gasteiger charge is -2.22. The molecule has 0 saturated carbocycles. The zero-order valence-electron chi connectivity index (χ0n) is 23.3. The predicted molar refractivity (Wildman–Crippen MR) is 164 cm³/mol. The van der Waals surface area contributed by atoms with E-state index in [1.54, 1.807) is 11.6 Å². The maximum absolute atomic E-state index is 12.4. The number of nitrogens with one attached hydrogen (secondary N) is 4. The molecule has 0 atom stereocenters. The average Bonchev–Trinajstić information content (AvgIpc) is 3.63. The number of nitrogens with zero attached hydrogens (tertiary/aromatic N) is 1. The Labute approximate surface area is 244 Å². The van der Waals surface area contributed by atoms with Crippen molar-refractivity contribution < 1.29 is 19.5 Å².